The highest BCUT2D eigenvalue weighted by atomic mass is 15.4. The number of rotatable bonds is 2. The molecule has 0 aliphatic carbocycles. The quantitative estimate of drug-likeness (QED) is 0.786. The van der Waals surface area contributed by atoms with E-state index < -0.39 is 0 Å². The van der Waals surface area contributed by atoms with Gasteiger partial charge in [0, 0.05) is 24.7 Å². The number of anilines is 2. The minimum absolute atomic E-state index is 0.984. The zero-order chi connectivity index (χ0) is 11.8. The lowest BCUT2D eigenvalue weighted by molar-refractivity contribution is 0.801. The van der Waals surface area contributed by atoms with Crippen molar-refractivity contribution in [2.75, 3.05) is 29.6 Å². The van der Waals surface area contributed by atoms with Crippen molar-refractivity contribution in [3.8, 4) is 0 Å². The predicted molar refractivity (Wildman–Crippen MR) is 72.7 cm³/mol. The molecule has 1 aliphatic rings. The molecule has 0 saturated carbocycles. The van der Waals surface area contributed by atoms with Gasteiger partial charge in [-0.15, -0.1) is 0 Å². The summed E-state index contributed by atoms with van der Waals surface area (Å²) in [5.74, 6) is 0. The Labute approximate surface area is 102 Å². The van der Waals surface area contributed by atoms with E-state index in [1.54, 1.807) is 0 Å². The Bertz CT molecular complexity index is 550. The van der Waals surface area contributed by atoms with Crippen LogP contribution in [0.5, 0.6) is 0 Å². The van der Waals surface area contributed by atoms with Gasteiger partial charge in [-0.25, -0.2) is 0 Å². The third-order valence-electron chi connectivity index (χ3n) is 3.49. The lowest BCUT2D eigenvalue weighted by atomic mass is 10.1. The SMILES string of the molecule is CCN1CN(CC)c2c1ccc1cccnc21. The summed E-state index contributed by atoms with van der Waals surface area (Å²) in [6.45, 7) is 7.45. The maximum absolute atomic E-state index is 4.55. The van der Waals surface area contributed by atoms with Gasteiger partial charge in [0.25, 0.3) is 0 Å². The zero-order valence-electron chi connectivity index (χ0n) is 10.3. The maximum Gasteiger partial charge on any atom is 0.0957 e. The topological polar surface area (TPSA) is 19.4 Å². The van der Waals surface area contributed by atoms with Gasteiger partial charge in [-0.05, 0) is 26.0 Å². The Kier molecular flexibility index (Phi) is 2.39. The van der Waals surface area contributed by atoms with Crippen molar-refractivity contribution < 1.29 is 0 Å². The molecular formula is C14H17N3. The van der Waals surface area contributed by atoms with Crippen molar-refractivity contribution in [1.82, 2.24) is 4.98 Å². The third-order valence-corrected chi connectivity index (χ3v) is 3.49. The van der Waals surface area contributed by atoms with E-state index in [2.05, 4.69) is 46.8 Å². The molecule has 2 heterocycles. The Hall–Kier alpha value is -1.77. The number of hydrogen-bond acceptors (Lipinski definition) is 3. The lowest BCUT2D eigenvalue weighted by Crippen LogP contribution is -2.30. The molecule has 1 aliphatic heterocycles. The molecule has 0 radical (unpaired) electrons. The molecule has 3 heteroatoms. The molecule has 1 aromatic carbocycles. The van der Waals surface area contributed by atoms with Gasteiger partial charge < -0.3 is 9.80 Å². The molecule has 88 valence electrons. The second-order valence-electron chi connectivity index (χ2n) is 4.36. The summed E-state index contributed by atoms with van der Waals surface area (Å²) in [7, 11) is 0. The molecule has 0 unspecified atom stereocenters. The lowest BCUT2D eigenvalue weighted by Gasteiger charge is -2.18. The van der Waals surface area contributed by atoms with Crippen LogP contribution < -0.4 is 9.80 Å². The second kappa shape index (κ2) is 3.91. The molecule has 0 N–H and O–H groups in total. The van der Waals surface area contributed by atoms with E-state index in [1.807, 2.05) is 12.3 Å². The number of pyridine rings is 1. The van der Waals surface area contributed by atoms with Gasteiger partial charge in [0.05, 0.1) is 23.6 Å². The van der Waals surface area contributed by atoms with Crippen LogP contribution in [0.1, 0.15) is 13.8 Å². The van der Waals surface area contributed by atoms with Crippen LogP contribution in [0.15, 0.2) is 30.5 Å². The summed E-state index contributed by atoms with van der Waals surface area (Å²) < 4.78 is 0. The van der Waals surface area contributed by atoms with Crippen LogP contribution >= 0.6 is 0 Å². The molecule has 0 bridgehead atoms. The fraction of sp³-hybridized carbons (Fsp3) is 0.357. The van der Waals surface area contributed by atoms with Gasteiger partial charge in [0.1, 0.15) is 0 Å². The van der Waals surface area contributed by atoms with E-state index in [-0.39, 0.29) is 0 Å². The minimum Gasteiger partial charge on any atom is -0.352 e. The molecule has 0 fully saturated rings. The molecule has 0 saturated heterocycles. The van der Waals surface area contributed by atoms with Crippen LogP contribution in [-0.4, -0.2) is 24.7 Å². The number of hydrogen-bond donors (Lipinski definition) is 0. The molecule has 17 heavy (non-hydrogen) atoms. The molecule has 3 nitrogen and oxygen atoms in total. The fourth-order valence-corrected chi connectivity index (χ4v) is 2.57. The Morgan fingerprint density at radius 1 is 1.12 bits per heavy atom. The first-order chi connectivity index (χ1) is 8.35. The average molecular weight is 227 g/mol. The molecule has 3 rings (SSSR count). The van der Waals surface area contributed by atoms with Crippen molar-refractivity contribution in [2.45, 2.75) is 13.8 Å². The first-order valence-corrected chi connectivity index (χ1v) is 6.22. The van der Waals surface area contributed by atoms with Crippen LogP contribution in [0.4, 0.5) is 11.4 Å². The summed E-state index contributed by atoms with van der Waals surface area (Å²) in [4.78, 5) is 9.34. The maximum atomic E-state index is 4.55. The van der Waals surface area contributed by atoms with Gasteiger partial charge in [0.15, 0.2) is 0 Å². The number of nitrogens with zero attached hydrogens (tertiary/aromatic N) is 3. The number of aromatic nitrogens is 1. The largest absolute Gasteiger partial charge is 0.352 e. The zero-order valence-corrected chi connectivity index (χ0v) is 10.3. The van der Waals surface area contributed by atoms with E-state index in [1.165, 1.54) is 16.8 Å². The number of benzene rings is 1. The highest BCUT2D eigenvalue weighted by Gasteiger charge is 2.25. The van der Waals surface area contributed by atoms with E-state index in [9.17, 15) is 0 Å². The molecule has 2 aromatic rings. The van der Waals surface area contributed by atoms with Crippen LogP contribution in [0.25, 0.3) is 10.9 Å². The first-order valence-electron chi connectivity index (χ1n) is 6.22. The van der Waals surface area contributed by atoms with Gasteiger partial charge in [-0.2, -0.15) is 0 Å². The molecule has 0 amide bonds. The fourth-order valence-electron chi connectivity index (χ4n) is 2.57. The van der Waals surface area contributed by atoms with Gasteiger partial charge >= 0.3 is 0 Å². The van der Waals surface area contributed by atoms with E-state index >= 15 is 0 Å². The van der Waals surface area contributed by atoms with E-state index in [0.717, 1.165) is 25.3 Å². The molecular weight excluding hydrogens is 210 g/mol. The third kappa shape index (κ3) is 1.46. The summed E-state index contributed by atoms with van der Waals surface area (Å²) in [5.41, 5.74) is 3.75. The van der Waals surface area contributed by atoms with Crippen LogP contribution in [0.2, 0.25) is 0 Å². The normalized spacial score (nSPS) is 14.5. The van der Waals surface area contributed by atoms with Gasteiger partial charge in [-0.3, -0.25) is 4.98 Å². The van der Waals surface area contributed by atoms with E-state index in [0.29, 0.717) is 0 Å². The van der Waals surface area contributed by atoms with Crippen LogP contribution in [0, 0.1) is 0 Å². The summed E-state index contributed by atoms with van der Waals surface area (Å²) in [6, 6.07) is 8.52. The van der Waals surface area contributed by atoms with Crippen molar-refractivity contribution in [1.29, 1.82) is 0 Å². The Morgan fingerprint density at radius 3 is 2.71 bits per heavy atom. The number of fused-ring (bicyclic) bond motifs is 3. The van der Waals surface area contributed by atoms with Crippen molar-refractivity contribution >= 4 is 22.3 Å². The van der Waals surface area contributed by atoms with Gasteiger partial charge in [-0.1, -0.05) is 12.1 Å². The monoisotopic (exact) mass is 227 g/mol. The van der Waals surface area contributed by atoms with Crippen molar-refractivity contribution in [2.24, 2.45) is 0 Å². The Balaban J connectivity index is 2.27. The van der Waals surface area contributed by atoms with Crippen LogP contribution in [0.3, 0.4) is 0 Å². The Morgan fingerprint density at radius 2 is 1.94 bits per heavy atom. The molecule has 1 aromatic heterocycles. The second-order valence-corrected chi connectivity index (χ2v) is 4.36. The van der Waals surface area contributed by atoms with Crippen LogP contribution in [-0.2, 0) is 0 Å². The smallest absolute Gasteiger partial charge is 0.0957 e. The highest BCUT2D eigenvalue weighted by molar-refractivity contribution is 5.99. The minimum atomic E-state index is 0.984. The summed E-state index contributed by atoms with van der Waals surface area (Å²) in [5, 5.41) is 1.22. The van der Waals surface area contributed by atoms with Gasteiger partial charge in [0.2, 0.25) is 0 Å². The summed E-state index contributed by atoms with van der Waals surface area (Å²) >= 11 is 0. The first kappa shape index (κ1) is 10.4. The molecule has 0 atom stereocenters. The summed E-state index contributed by atoms with van der Waals surface area (Å²) in [6.07, 6.45) is 1.88. The van der Waals surface area contributed by atoms with Crippen molar-refractivity contribution in [3.63, 3.8) is 0 Å². The highest BCUT2D eigenvalue weighted by Crippen LogP contribution is 2.40. The standard InChI is InChI=1S/C14H17N3/c1-3-16-10-17(4-2)14-12(16)8-7-11-6-5-9-15-13(11)14/h5-9H,3-4,10H2,1-2H3. The average Bonchev–Trinajstić information content (AvgIpc) is 2.77. The van der Waals surface area contributed by atoms with Crippen molar-refractivity contribution in [3.05, 3.63) is 30.5 Å². The van der Waals surface area contributed by atoms with E-state index in [4.69, 9.17) is 0 Å². The predicted octanol–water partition coefficient (Wildman–Crippen LogP) is 2.86. The molecule has 0 spiro atoms.